The normalized spacial score (nSPS) is 14.6. The Labute approximate surface area is 394 Å². The first-order chi connectivity index (χ1) is 33.7. The molecule has 7 aromatic carbocycles. The number of pyridine rings is 2. The van der Waals surface area contributed by atoms with E-state index in [2.05, 4.69) is 107 Å². The van der Waals surface area contributed by atoms with Crippen LogP contribution >= 0.6 is 0 Å². The maximum absolute atomic E-state index is 6.89. The van der Waals surface area contributed by atoms with E-state index in [4.69, 9.17) is 24.4 Å². The van der Waals surface area contributed by atoms with Gasteiger partial charge in [0.15, 0.2) is 41.2 Å². The molecule has 12 rings (SSSR count). The summed E-state index contributed by atoms with van der Waals surface area (Å²) in [6.07, 6.45) is 11.1. The van der Waals surface area contributed by atoms with Gasteiger partial charge < -0.3 is 9.47 Å². The van der Waals surface area contributed by atoms with Crippen molar-refractivity contribution in [2.45, 2.75) is 12.2 Å². The summed E-state index contributed by atoms with van der Waals surface area (Å²) in [5, 5.41) is 0. The first-order valence-electron chi connectivity index (χ1n) is 22.7. The van der Waals surface area contributed by atoms with E-state index in [1.807, 2.05) is 140 Å². The quantitative estimate of drug-likeness (QED) is 0.143. The molecule has 0 fully saturated rings. The number of fused-ring (bicyclic) bond motifs is 2. The van der Waals surface area contributed by atoms with Crippen molar-refractivity contribution in [2.24, 2.45) is 0 Å². The van der Waals surface area contributed by atoms with Crippen molar-refractivity contribution in [1.82, 2.24) is 24.9 Å². The summed E-state index contributed by atoms with van der Waals surface area (Å²) in [6, 6.07) is 68.7. The van der Waals surface area contributed by atoms with Gasteiger partial charge in [-0.15, -0.1) is 0 Å². The zero-order valence-electron chi connectivity index (χ0n) is 36.7. The molecule has 1 aliphatic heterocycles. The van der Waals surface area contributed by atoms with Crippen LogP contribution in [0.1, 0.15) is 0 Å². The summed E-state index contributed by atoms with van der Waals surface area (Å²) in [5.41, 5.74) is 14.9. The Bertz CT molecular complexity index is 3430. The molecule has 7 nitrogen and oxygen atoms in total. The van der Waals surface area contributed by atoms with E-state index in [9.17, 15) is 0 Å². The fraction of sp³-hybridized carbons (Fsp3) is 0.0328. The molecule has 2 atom stereocenters. The minimum Gasteiger partial charge on any atom is -0.478 e. The molecule has 0 radical (unpaired) electrons. The van der Waals surface area contributed by atoms with E-state index in [1.165, 1.54) is 0 Å². The summed E-state index contributed by atoms with van der Waals surface area (Å²) >= 11 is 0. The number of ether oxygens (including phenoxy) is 2. The molecule has 0 saturated carbocycles. The van der Waals surface area contributed by atoms with Crippen LogP contribution in [0.15, 0.2) is 237 Å². The van der Waals surface area contributed by atoms with Crippen molar-refractivity contribution in [3.05, 3.63) is 237 Å². The third-order valence-electron chi connectivity index (χ3n) is 12.4. The number of rotatable bonds is 9. The second-order valence-electron chi connectivity index (χ2n) is 16.8. The van der Waals surface area contributed by atoms with Crippen molar-refractivity contribution in [3.63, 3.8) is 0 Å². The van der Waals surface area contributed by atoms with Crippen LogP contribution in [0, 0.1) is 0 Å². The van der Waals surface area contributed by atoms with Crippen LogP contribution in [0.3, 0.4) is 0 Å². The summed E-state index contributed by atoms with van der Waals surface area (Å²) in [6.45, 7) is 0. The largest absolute Gasteiger partial charge is 0.478 e. The van der Waals surface area contributed by atoms with Gasteiger partial charge >= 0.3 is 0 Å². The fourth-order valence-electron chi connectivity index (χ4n) is 8.92. The molecule has 0 spiro atoms. The third kappa shape index (κ3) is 8.03. The van der Waals surface area contributed by atoms with Gasteiger partial charge in [0.2, 0.25) is 0 Å². The molecule has 0 bridgehead atoms. The van der Waals surface area contributed by atoms with Gasteiger partial charge in [-0.25, -0.2) is 15.0 Å². The predicted molar refractivity (Wildman–Crippen MR) is 271 cm³/mol. The Morgan fingerprint density at radius 3 is 1.31 bits per heavy atom. The SMILES string of the molecule is C1=CC2Oc3c(-c4ccc(-c5ccc(-c6cc(-c7ccccn7)cc(-c7ccccn7)c6)cc5)cc4)ccc(-c4nc(-c5ccccc5)nc(-c5cccc(-c6ccccc6)c5)n4)c3OC2C=C1. The minimum atomic E-state index is -0.316. The molecule has 0 saturated heterocycles. The lowest BCUT2D eigenvalue weighted by atomic mass is 9.94. The molecule has 2 unspecified atom stereocenters. The monoisotopic (exact) mass is 875 g/mol. The molecule has 1 aliphatic carbocycles. The number of nitrogens with zero attached hydrogens (tertiary/aromatic N) is 5. The van der Waals surface area contributed by atoms with E-state index in [0.29, 0.717) is 29.0 Å². The van der Waals surface area contributed by atoms with Crippen LogP contribution in [0.4, 0.5) is 0 Å². The van der Waals surface area contributed by atoms with Crippen molar-refractivity contribution in [1.29, 1.82) is 0 Å². The summed E-state index contributed by atoms with van der Waals surface area (Å²) in [4.78, 5) is 24.6. The second kappa shape index (κ2) is 17.7. The number of allylic oxidation sites excluding steroid dienone is 2. The molecular weight excluding hydrogens is 835 g/mol. The lowest BCUT2D eigenvalue weighted by Gasteiger charge is -2.34. The van der Waals surface area contributed by atoms with Gasteiger partial charge in [-0.2, -0.15) is 0 Å². The van der Waals surface area contributed by atoms with Crippen LogP contribution in [0.25, 0.3) is 101 Å². The molecule has 68 heavy (non-hydrogen) atoms. The average Bonchev–Trinajstić information content (AvgIpc) is 3.43. The number of hydrogen-bond acceptors (Lipinski definition) is 7. The van der Waals surface area contributed by atoms with Gasteiger partial charge in [-0.3, -0.25) is 9.97 Å². The van der Waals surface area contributed by atoms with E-state index in [-0.39, 0.29) is 12.2 Å². The van der Waals surface area contributed by atoms with Gasteiger partial charge in [-0.1, -0.05) is 152 Å². The molecular formula is C61H41N5O2. The van der Waals surface area contributed by atoms with Crippen LogP contribution in [0.5, 0.6) is 11.5 Å². The minimum absolute atomic E-state index is 0.293. The van der Waals surface area contributed by atoms with E-state index < -0.39 is 0 Å². The summed E-state index contributed by atoms with van der Waals surface area (Å²) in [5.74, 6) is 2.87. The highest BCUT2D eigenvalue weighted by Crippen LogP contribution is 2.49. The Kier molecular flexibility index (Phi) is 10.5. The fourth-order valence-corrected chi connectivity index (χ4v) is 8.92. The highest BCUT2D eigenvalue weighted by Gasteiger charge is 2.34. The zero-order chi connectivity index (χ0) is 45.2. The van der Waals surface area contributed by atoms with Crippen LogP contribution in [-0.4, -0.2) is 37.1 Å². The van der Waals surface area contributed by atoms with Gasteiger partial charge in [0.1, 0.15) is 0 Å². The summed E-state index contributed by atoms with van der Waals surface area (Å²) in [7, 11) is 0. The van der Waals surface area contributed by atoms with Crippen molar-refractivity contribution in [3.8, 4) is 113 Å². The summed E-state index contributed by atoms with van der Waals surface area (Å²) < 4.78 is 13.8. The highest BCUT2D eigenvalue weighted by molar-refractivity contribution is 5.85. The smallest absolute Gasteiger partial charge is 0.174 e. The molecule has 7 heteroatoms. The first-order valence-corrected chi connectivity index (χ1v) is 22.7. The molecule has 4 heterocycles. The predicted octanol–water partition coefficient (Wildman–Crippen LogP) is 14.3. The highest BCUT2D eigenvalue weighted by atomic mass is 16.6. The van der Waals surface area contributed by atoms with Gasteiger partial charge in [0.25, 0.3) is 0 Å². The Morgan fingerprint density at radius 1 is 0.294 bits per heavy atom. The maximum Gasteiger partial charge on any atom is 0.174 e. The lowest BCUT2D eigenvalue weighted by Crippen LogP contribution is -2.38. The number of hydrogen-bond donors (Lipinski definition) is 0. The van der Waals surface area contributed by atoms with E-state index >= 15 is 0 Å². The first kappa shape index (κ1) is 40.4. The molecule has 0 N–H and O–H groups in total. The van der Waals surface area contributed by atoms with E-state index in [1.54, 1.807) is 0 Å². The van der Waals surface area contributed by atoms with Crippen LogP contribution in [-0.2, 0) is 0 Å². The third-order valence-corrected chi connectivity index (χ3v) is 12.4. The maximum atomic E-state index is 6.89. The van der Waals surface area contributed by atoms with Crippen molar-refractivity contribution >= 4 is 0 Å². The zero-order valence-corrected chi connectivity index (χ0v) is 36.7. The Balaban J connectivity index is 0.900. The molecule has 3 aromatic heterocycles. The molecule has 2 aliphatic rings. The Morgan fingerprint density at radius 2 is 0.721 bits per heavy atom. The molecule has 10 aromatic rings. The van der Waals surface area contributed by atoms with Crippen LogP contribution in [0.2, 0.25) is 0 Å². The Hall–Kier alpha value is -9.07. The topological polar surface area (TPSA) is 82.9 Å². The second-order valence-corrected chi connectivity index (χ2v) is 16.8. The van der Waals surface area contributed by atoms with Gasteiger partial charge in [0, 0.05) is 40.2 Å². The van der Waals surface area contributed by atoms with Gasteiger partial charge in [-0.05, 0) is 112 Å². The molecule has 0 amide bonds. The number of aromatic nitrogens is 5. The van der Waals surface area contributed by atoms with Crippen LogP contribution < -0.4 is 9.47 Å². The standard InChI is InChI=1S/C61H41N5O2/c1-3-14-40(15-4-1)46-18-13-19-47(36-46)60-64-59(45-16-5-2-6-17-45)65-61(66-60)52-33-32-51(57-58(52)68-56-23-8-7-22-55(56)67-57)44-30-28-42(29-31-44)41-24-26-43(27-25-41)48-37-49(53-20-9-11-34-62-53)39-50(38-48)54-21-10-12-35-63-54/h1-39,55-56H. The van der Waals surface area contributed by atoms with Crippen molar-refractivity contribution in [2.75, 3.05) is 0 Å². The van der Waals surface area contributed by atoms with Gasteiger partial charge in [0.05, 0.1) is 17.0 Å². The van der Waals surface area contributed by atoms with E-state index in [0.717, 1.165) is 83.7 Å². The lowest BCUT2D eigenvalue weighted by molar-refractivity contribution is 0.0769. The van der Waals surface area contributed by atoms with Crippen molar-refractivity contribution < 1.29 is 9.47 Å². The number of benzene rings is 7. The molecule has 322 valence electrons. The average molecular weight is 876 g/mol.